The van der Waals surface area contributed by atoms with Crippen LogP contribution in [0.25, 0.3) is 0 Å². The van der Waals surface area contributed by atoms with E-state index in [0.29, 0.717) is 12.5 Å². The van der Waals surface area contributed by atoms with E-state index in [9.17, 15) is 4.79 Å². The summed E-state index contributed by atoms with van der Waals surface area (Å²) in [5, 5.41) is 1.53. The summed E-state index contributed by atoms with van der Waals surface area (Å²) in [6.45, 7) is 5.57. The van der Waals surface area contributed by atoms with Gasteiger partial charge >= 0.3 is 5.97 Å². The van der Waals surface area contributed by atoms with Crippen molar-refractivity contribution in [3.8, 4) is 0 Å². The second-order valence-corrected chi connectivity index (χ2v) is 11.3. The van der Waals surface area contributed by atoms with Crippen molar-refractivity contribution in [2.75, 3.05) is 6.61 Å². The maximum Gasteiger partial charge on any atom is 0.309 e. The van der Waals surface area contributed by atoms with Crippen LogP contribution in [0, 0.1) is 11.8 Å². The molecule has 1 aliphatic heterocycles. The third-order valence-electron chi connectivity index (χ3n) is 5.27. The second kappa shape index (κ2) is 4.78. The first-order valence-electron chi connectivity index (χ1n) is 7.33. The summed E-state index contributed by atoms with van der Waals surface area (Å²) >= 11 is 0. The smallest absolute Gasteiger partial charge is 0.309 e. The Labute approximate surface area is 116 Å². The molecule has 0 N–H and O–H groups in total. The normalized spacial score (nSPS) is 30.8. The average Bonchev–Trinajstić information content (AvgIpc) is 2.86. The molecule has 0 amide bonds. The van der Waals surface area contributed by atoms with E-state index >= 15 is 0 Å². The molecule has 0 aromatic heterocycles. The Morgan fingerprint density at radius 3 is 2.58 bits per heavy atom. The van der Waals surface area contributed by atoms with Gasteiger partial charge in [-0.2, -0.15) is 0 Å². The van der Waals surface area contributed by atoms with Gasteiger partial charge in [0.25, 0.3) is 0 Å². The minimum atomic E-state index is -1.49. The van der Waals surface area contributed by atoms with E-state index in [2.05, 4.69) is 43.4 Å². The van der Waals surface area contributed by atoms with E-state index in [-0.39, 0.29) is 11.9 Å². The summed E-state index contributed by atoms with van der Waals surface area (Å²) < 4.78 is 5.23. The van der Waals surface area contributed by atoms with E-state index in [0.717, 1.165) is 18.4 Å². The topological polar surface area (TPSA) is 26.3 Å². The van der Waals surface area contributed by atoms with E-state index in [4.69, 9.17) is 4.74 Å². The fraction of sp³-hybridized carbons (Fsp3) is 0.562. The third-order valence-corrected chi connectivity index (χ3v) is 9.66. The lowest BCUT2D eigenvalue weighted by atomic mass is 9.91. The lowest BCUT2D eigenvalue weighted by molar-refractivity contribution is -0.155. The molecule has 102 valence electrons. The van der Waals surface area contributed by atoms with Crippen molar-refractivity contribution in [3.63, 3.8) is 0 Å². The summed E-state index contributed by atoms with van der Waals surface area (Å²) in [7, 11) is -1.49. The lowest BCUT2D eigenvalue weighted by Gasteiger charge is -2.37. The van der Waals surface area contributed by atoms with Gasteiger partial charge in [0.2, 0.25) is 0 Å². The van der Waals surface area contributed by atoms with Crippen molar-refractivity contribution in [1.82, 2.24) is 0 Å². The zero-order chi connectivity index (χ0) is 13.5. The van der Waals surface area contributed by atoms with Gasteiger partial charge in [0.05, 0.1) is 20.6 Å². The number of benzene rings is 1. The Balaban J connectivity index is 1.88. The summed E-state index contributed by atoms with van der Waals surface area (Å²) in [6, 6.07) is 10.9. The molecular formula is C16H22O2Si. The highest BCUT2D eigenvalue weighted by molar-refractivity contribution is 6.91. The van der Waals surface area contributed by atoms with Crippen LogP contribution in [0.15, 0.2) is 30.3 Å². The molecule has 1 saturated heterocycles. The Kier molecular flexibility index (Phi) is 3.25. The maximum absolute atomic E-state index is 11.9. The molecule has 1 aromatic carbocycles. The Morgan fingerprint density at radius 2 is 1.84 bits per heavy atom. The van der Waals surface area contributed by atoms with Crippen molar-refractivity contribution < 1.29 is 9.53 Å². The number of hydrogen-bond acceptors (Lipinski definition) is 2. The molecule has 1 aromatic rings. The highest BCUT2D eigenvalue weighted by atomic mass is 28.3. The number of carbonyl (C=O) groups excluding carboxylic acids is 1. The van der Waals surface area contributed by atoms with Crippen molar-refractivity contribution in [2.45, 2.75) is 37.9 Å². The largest absolute Gasteiger partial charge is 0.465 e. The fourth-order valence-corrected chi connectivity index (χ4v) is 7.98. The van der Waals surface area contributed by atoms with Crippen molar-refractivity contribution in [2.24, 2.45) is 11.8 Å². The first kappa shape index (κ1) is 12.9. The van der Waals surface area contributed by atoms with Crippen LogP contribution in [-0.2, 0) is 9.53 Å². The maximum atomic E-state index is 11.9. The molecule has 3 atom stereocenters. The van der Waals surface area contributed by atoms with E-state index in [1.165, 1.54) is 11.6 Å². The molecule has 0 radical (unpaired) electrons. The molecular weight excluding hydrogens is 252 g/mol. The van der Waals surface area contributed by atoms with Gasteiger partial charge in [-0.1, -0.05) is 55.0 Å². The van der Waals surface area contributed by atoms with Crippen molar-refractivity contribution >= 4 is 19.2 Å². The first-order valence-corrected chi connectivity index (χ1v) is 10.4. The van der Waals surface area contributed by atoms with Gasteiger partial charge in [-0.3, -0.25) is 4.79 Å². The number of fused-ring (bicyclic) bond motifs is 1. The van der Waals surface area contributed by atoms with Crippen LogP contribution in [0.2, 0.25) is 18.6 Å². The van der Waals surface area contributed by atoms with Gasteiger partial charge in [0, 0.05) is 0 Å². The molecule has 1 heterocycles. The SMILES string of the molecule is C[Si](C)(c1ccccc1)[C@@H]1CC[C@H]2C(=O)OCC[C@@H]12. The van der Waals surface area contributed by atoms with Gasteiger partial charge in [0.1, 0.15) is 0 Å². The highest BCUT2D eigenvalue weighted by Gasteiger charge is 2.49. The zero-order valence-corrected chi connectivity index (χ0v) is 12.8. The molecule has 1 aliphatic carbocycles. The fourth-order valence-electron chi connectivity index (χ4n) is 4.14. The number of esters is 1. The number of cyclic esters (lactones) is 1. The molecule has 2 nitrogen and oxygen atoms in total. The van der Waals surface area contributed by atoms with Crippen LogP contribution >= 0.6 is 0 Å². The molecule has 1 saturated carbocycles. The van der Waals surface area contributed by atoms with Crippen LogP contribution in [0.1, 0.15) is 19.3 Å². The number of carbonyl (C=O) groups is 1. The van der Waals surface area contributed by atoms with E-state index in [1.54, 1.807) is 0 Å². The number of hydrogen-bond donors (Lipinski definition) is 0. The lowest BCUT2D eigenvalue weighted by Crippen LogP contribution is -2.48. The second-order valence-electron chi connectivity index (χ2n) is 6.50. The van der Waals surface area contributed by atoms with Crippen LogP contribution in [0.3, 0.4) is 0 Å². The van der Waals surface area contributed by atoms with E-state index < -0.39 is 8.07 Å². The van der Waals surface area contributed by atoms with Gasteiger partial charge in [-0.15, -0.1) is 0 Å². The first-order chi connectivity index (χ1) is 9.10. The molecule has 19 heavy (non-hydrogen) atoms. The molecule has 2 aliphatic rings. The monoisotopic (exact) mass is 274 g/mol. The molecule has 0 bridgehead atoms. The summed E-state index contributed by atoms with van der Waals surface area (Å²) in [4.78, 5) is 11.9. The zero-order valence-electron chi connectivity index (χ0n) is 11.8. The number of ether oxygens (including phenoxy) is 1. The van der Waals surface area contributed by atoms with Gasteiger partial charge < -0.3 is 4.74 Å². The molecule has 2 fully saturated rings. The van der Waals surface area contributed by atoms with Gasteiger partial charge in [-0.25, -0.2) is 0 Å². The minimum absolute atomic E-state index is 0.0663. The summed E-state index contributed by atoms with van der Waals surface area (Å²) in [6.07, 6.45) is 3.32. The molecule has 3 rings (SSSR count). The minimum Gasteiger partial charge on any atom is -0.465 e. The summed E-state index contributed by atoms with van der Waals surface area (Å²) in [5.41, 5.74) is 0.729. The van der Waals surface area contributed by atoms with Crippen LogP contribution in [0.4, 0.5) is 0 Å². The Morgan fingerprint density at radius 1 is 1.11 bits per heavy atom. The average molecular weight is 274 g/mol. The van der Waals surface area contributed by atoms with Crippen LogP contribution < -0.4 is 5.19 Å². The van der Waals surface area contributed by atoms with E-state index in [1.807, 2.05) is 0 Å². The third kappa shape index (κ3) is 2.14. The van der Waals surface area contributed by atoms with Crippen molar-refractivity contribution in [3.05, 3.63) is 30.3 Å². The standard InChI is InChI=1S/C16H22O2Si/c1-19(2,12-6-4-3-5-7-12)15-9-8-14-13(15)10-11-18-16(14)17/h3-7,13-15H,8-11H2,1-2H3/t13-,14-,15-/m1/s1. The van der Waals surface area contributed by atoms with Crippen molar-refractivity contribution in [1.29, 1.82) is 0 Å². The molecule has 0 spiro atoms. The quantitative estimate of drug-likeness (QED) is 0.612. The summed E-state index contributed by atoms with van der Waals surface area (Å²) in [5.74, 6) is 0.828. The van der Waals surface area contributed by atoms with Crippen LogP contribution in [0.5, 0.6) is 0 Å². The predicted octanol–water partition coefficient (Wildman–Crippen LogP) is 2.95. The Hall–Kier alpha value is -1.09. The van der Waals surface area contributed by atoms with Crippen LogP contribution in [-0.4, -0.2) is 20.7 Å². The predicted molar refractivity (Wildman–Crippen MR) is 79.1 cm³/mol. The highest BCUT2D eigenvalue weighted by Crippen LogP contribution is 2.50. The van der Waals surface area contributed by atoms with Gasteiger partial charge in [-0.05, 0) is 24.3 Å². The Bertz CT molecular complexity index is 469. The molecule has 3 heteroatoms. The number of rotatable bonds is 2. The van der Waals surface area contributed by atoms with Gasteiger partial charge in [0.15, 0.2) is 0 Å². The molecule has 0 unspecified atom stereocenters.